The van der Waals surface area contributed by atoms with Gasteiger partial charge < -0.3 is 5.11 Å². The third kappa shape index (κ3) is 5.58. The average molecular weight is 208 g/mol. The van der Waals surface area contributed by atoms with E-state index >= 15 is 0 Å². The summed E-state index contributed by atoms with van der Waals surface area (Å²) in [5.74, 6) is 0. The van der Waals surface area contributed by atoms with Crippen LogP contribution in [0.25, 0.3) is 0 Å². The van der Waals surface area contributed by atoms with Crippen LogP contribution in [0.4, 0.5) is 0 Å². The highest BCUT2D eigenvalue weighted by Gasteiger charge is 2.25. The molecule has 0 aliphatic rings. The Labute approximate surface area is 94.2 Å². The predicted molar refractivity (Wildman–Crippen MR) is 67.8 cm³/mol. The number of aliphatic hydroxyl groups excluding tert-OH is 1. The molecule has 0 aromatic rings. The van der Waals surface area contributed by atoms with Crippen molar-refractivity contribution in [1.29, 1.82) is 0 Å². The Balaban J connectivity index is 4.36. The summed E-state index contributed by atoms with van der Waals surface area (Å²) in [5, 5.41) is 8.79. The van der Waals surface area contributed by atoms with Crippen LogP contribution in [-0.2, 0) is 0 Å². The second kappa shape index (κ2) is 8.49. The minimum absolute atomic E-state index is 0.237. The highest BCUT2D eigenvalue weighted by atomic mass is 16.2. The summed E-state index contributed by atoms with van der Waals surface area (Å²) in [6.45, 7) is 11.7. The molecule has 0 aliphatic carbocycles. The molecule has 1 N–H and O–H groups in total. The first-order valence-electron chi connectivity index (χ1n) is 5.68. The summed E-state index contributed by atoms with van der Waals surface area (Å²) >= 11 is 0. The van der Waals surface area contributed by atoms with Gasteiger partial charge in [0, 0.05) is 6.61 Å². The first-order chi connectivity index (χ1) is 7.24. The maximum absolute atomic E-state index is 8.79. The zero-order valence-corrected chi connectivity index (χ0v) is 9.75. The minimum Gasteiger partial charge on any atom is -0.396 e. The smallest absolute Gasteiger partial charge is 0.0431 e. The van der Waals surface area contributed by atoms with E-state index in [-0.39, 0.29) is 12.0 Å². The molecule has 1 heteroatoms. The van der Waals surface area contributed by atoms with E-state index in [9.17, 15) is 0 Å². The van der Waals surface area contributed by atoms with Gasteiger partial charge in [-0.3, -0.25) is 0 Å². The zero-order valence-electron chi connectivity index (χ0n) is 9.75. The zero-order chi connectivity index (χ0) is 11.6. The number of hydrogen-bond acceptors (Lipinski definition) is 1. The maximum Gasteiger partial charge on any atom is 0.0431 e. The standard InChI is InChI=1S/C14H24O/c1-4-9-14(10-5-2,11-6-3)12-7-8-13-15/h4-6,15H,1-3,7-13H2. The van der Waals surface area contributed by atoms with Gasteiger partial charge in [0.1, 0.15) is 0 Å². The van der Waals surface area contributed by atoms with E-state index in [1.165, 1.54) is 0 Å². The molecule has 86 valence electrons. The first kappa shape index (κ1) is 14.2. The van der Waals surface area contributed by atoms with E-state index < -0.39 is 0 Å². The van der Waals surface area contributed by atoms with Gasteiger partial charge >= 0.3 is 0 Å². The van der Waals surface area contributed by atoms with E-state index in [0.717, 1.165) is 38.5 Å². The van der Waals surface area contributed by atoms with Crippen molar-refractivity contribution >= 4 is 0 Å². The van der Waals surface area contributed by atoms with Gasteiger partial charge in [-0.05, 0) is 37.5 Å². The van der Waals surface area contributed by atoms with Crippen molar-refractivity contribution in [2.24, 2.45) is 5.41 Å². The van der Waals surface area contributed by atoms with Crippen molar-refractivity contribution in [1.82, 2.24) is 0 Å². The number of rotatable bonds is 10. The lowest BCUT2D eigenvalue weighted by atomic mass is 9.74. The molecule has 1 nitrogen and oxygen atoms in total. The van der Waals surface area contributed by atoms with Crippen LogP contribution in [0.5, 0.6) is 0 Å². The summed E-state index contributed by atoms with van der Waals surface area (Å²) in [6.07, 6.45) is 12.0. The first-order valence-corrected chi connectivity index (χ1v) is 5.68. The third-order valence-electron chi connectivity index (χ3n) is 2.85. The summed E-state index contributed by atoms with van der Waals surface area (Å²) in [7, 11) is 0. The Morgan fingerprint density at radius 2 is 1.33 bits per heavy atom. The van der Waals surface area contributed by atoms with Gasteiger partial charge in [0.15, 0.2) is 0 Å². The molecule has 0 atom stereocenters. The van der Waals surface area contributed by atoms with Gasteiger partial charge in [0.2, 0.25) is 0 Å². The van der Waals surface area contributed by atoms with Gasteiger partial charge in [0.25, 0.3) is 0 Å². The minimum atomic E-state index is 0.237. The number of allylic oxidation sites excluding steroid dienone is 3. The summed E-state index contributed by atoms with van der Waals surface area (Å²) in [5.41, 5.74) is 0.237. The SMILES string of the molecule is C=CCC(CC=C)(CC=C)CCCCO. The van der Waals surface area contributed by atoms with Crippen LogP contribution in [0.1, 0.15) is 38.5 Å². The van der Waals surface area contributed by atoms with Crippen molar-refractivity contribution in [3.8, 4) is 0 Å². The van der Waals surface area contributed by atoms with Gasteiger partial charge in [-0.25, -0.2) is 0 Å². The van der Waals surface area contributed by atoms with E-state index in [1.54, 1.807) is 0 Å². The Morgan fingerprint density at radius 1 is 0.867 bits per heavy atom. The van der Waals surface area contributed by atoms with Crippen molar-refractivity contribution in [3.05, 3.63) is 38.0 Å². The number of aliphatic hydroxyl groups is 1. The van der Waals surface area contributed by atoms with Crippen molar-refractivity contribution in [2.45, 2.75) is 38.5 Å². The molecule has 15 heavy (non-hydrogen) atoms. The lowest BCUT2D eigenvalue weighted by Gasteiger charge is -2.31. The molecule has 0 fully saturated rings. The highest BCUT2D eigenvalue weighted by molar-refractivity contribution is 4.95. The summed E-state index contributed by atoms with van der Waals surface area (Å²) in [6, 6.07) is 0. The van der Waals surface area contributed by atoms with Crippen LogP contribution in [0.3, 0.4) is 0 Å². The quantitative estimate of drug-likeness (QED) is 0.427. The lowest BCUT2D eigenvalue weighted by molar-refractivity contribution is 0.235. The van der Waals surface area contributed by atoms with E-state index in [2.05, 4.69) is 19.7 Å². The fourth-order valence-electron chi connectivity index (χ4n) is 2.09. The molecule has 0 aliphatic heterocycles. The maximum atomic E-state index is 8.79. The number of hydrogen-bond donors (Lipinski definition) is 1. The fraction of sp³-hybridized carbons (Fsp3) is 0.571. The highest BCUT2D eigenvalue weighted by Crippen LogP contribution is 2.37. The molecule has 0 bridgehead atoms. The predicted octanol–water partition coefficient (Wildman–Crippen LogP) is 3.86. The van der Waals surface area contributed by atoms with Crippen molar-refractivity contribution in [3.63, 3.8) is 0 Å². The van der Waals surface area contributed by atoms with E-state index in [4.69, 9.17) is 5.11 Å². The molecule has 0 heterocycles. The third-order valence-corrected chi connectivity index (χ3v) is 2.85. The van der Waals surface area contributed by atoms with Gasteiger partial charge in [-0.15, -0.1) is 19.7 Å². The number of unbranched alkanes of at least 4 members (excludes halogenated alkanes) is 1. The van der Waals surface area contributed by atoms with Crippen LogP contribution in [0, 0.1) is 5.41 Å². The van der Waals surface area contributed by atoms with Crippen LogP contribution >= 0.6 is 0 Å². The van der Waals surface area contributed by atoms with Crippen LogP contribution in [0.2, 0.25) is 0 Å². The molecule has 0 aromatic carbocycles. The van der Waals surface area contributed by atoms with E-state index in [0.29, 0.717) is 0 Å². The lowest BCUT2D eigenvalue weighted by Crippen LogP contribution is -2.18. The van der Waals surface area contributed by atoms with Gasteiger partial charge in [-0.1, -0.05) is 24.6 Å². The van der Waals surface area contributed by atoms with Crippen molar-refractivity contribution in [2.75, 3.05) is 6.61 Å². The fourth-order valence-corrected chi connectivity index (χ4v) is 2.09. The van der Waals surface area contributed by atoms with Crippen LogP contribution in [-0.4, -0.2) is 11.7 Å². The molecule has 0 saturated heterocycles. The summed E-state index contributed by atoms with van der Waals surface area (Å²) in [4.78, 5) is 0. The van der Waals surface area contributed by atoms with Gasteiger partial charge in [-0.2, -0.15) is 0 Å². The average Bonchev–Trinajstić information content (AvgIpc) is 2.19. The Morgan fingerprint density at radius 3 is 1.67 bits per heavy atom. The molecule has 0 rings (SSSR count). The van der Waals surface area contributed by atoms with Gasteiger partial charge in [0.05, 0.1) is 0 Å². The molecule has 0 spiro atoms. The Kier molecular flexibility index (Phi) is 8.02. The second-order valence-corrected chi connectivity index (χ2v) is 4.16. The molecular formula is C14H24O. The summed E-state index contributed by atoms with van der Waals surface area (Å²) < 4.78 is 0. The topological polar surface area (TPSA) is 20.2 Å². The molecular weight excluding hydrogens is 184 g/mol. The Bertz CT molecular complexity index is 167. The molecule has 0 saturated carbocycles. The molecule has 0 radical (unpaired) electrons. The van der Waals surface area contributed by atoms with Crippen LogP contribution < -0.4 is 0 Å². The van der Waals surface area contributed by atoms with Crippen LogP contribution in [0.15, 0.2) is 38.0 Å². The normalized spacial score (nSPS) is 11.0. The monoisotopic (exact) mass is 208 g/mol. The molecule has 0 unspecified atom stereocenters. The second-order valence-electron chi connectivity index (χ2n) is 4.16. The molecule has 0 amide bonds. The molecule has 0 aromatic heterocycles. The Hall–Kier alpha value is -0.820. The van der Waals surface area contributed by atoms with E-state index in [1.807, 2.05) is 18.2 Å². The largest absolute Gasteiger partial charge is 0.396 e. The van der Waals surface area contributed by atoms with Crippen molar-refractivity contribution < 1.29 is 5.11 Å².